The van der Waals surface area contributed by atoms with Gasteiger partial charge in [-0.05, 0) is 60.5 Å². The van der Waals surface area contributed by atoms with Crippen LogP contribution in [0.5, 0.6) is 5.75 Å². The maximum atomic E-state index is 13.0. The number of anilines is 1. The smallest absolute Gasteiger partial charge is 0.343 e. The van der Waals surface area contributed by atoms with E-state index in [9.17, 15) is 19.6 Å². The van der Waals surface area contributed by atoms with Gasteiger partial charge >= 0.3 is 11.9 Å². The summed E-state index contributed by atoms with van der Waals surface area (Å²) in [6.07, 6.45) is 1.40. The first-order chi connectivity index (χ1) is 18.9. The summed E-state index contributed by atoms with van der Waals surface area (Å²) in [5.41, 5.74) is 2.27. The van der Waals surface area contributed by atoms with Crippen molar-refractivity contribution < 1.29 is 23.9 Å². The Morgan fingerprint density at radius 1 is 0.974 bits per heavy atom. The lowest BCUT2D eigenvalue weighted by Gasteiger charge is -2.09. The SMILES string of the molecule is CCOC(=O)c1c(-c2ccc(Cl)cc2)csc1NC(=O)/C(C#N)=C/c1ccc(OC(=O)c2ccccc2)cc1. The van der Waals surface area contributed by atoms with E-state index in [1.807, 2.05) is 6.07 Å². The van der Waals surface area contributed by atoms with E-state index in [4.69, 9.17) is 21.1 Å². The lowest BCUT2D eigenvalue weighted by molar-refractivity contribution is -0.112. The summed E-state index contributed by atoms with van der Waals surface area (Å²) in [6, 6.07) is 23.8. The van der Waals surface area contributed by atoms with Crippen molar-refractivity contribution in [2.24, 2.45) is 0 Å². The summed E-state index contributed by atoms with van der Waals surface area (Å²) in [5.74, 6) is -1.46. The predicted octanol–water partition coefficient (Wildman–Crippen LogP) is 7.01. The Bertz CT molecular complexity index is 1570. The Morgan fingerprint density at radius 3 is 2.31 bits per heavy atom. The van der Waals surface area contributed by atoms with Gasteiger partial charge in [0, 0.05) is 16.0 Å². The Hall–Kier alpha value is -4.71. The lowest BCUT2D eigenvalue weighted by Crippen LogP contribution is -2.16. The molecule has 0 fully saturated rings. The fourth-order valence-corrected chi connectivity index (χ4v) is 4.63. The van der Waals surface area contributed by atoms with Gasteiger partial charge in [0.2, 0.25) is 0 Å². The third-order valence-electron chi connectivity index (χ3n) is 5.43. The number of esters is 2. The second-order valence-corrected chi connectivity index (χ2v) is 9.35. The van der Waals surface area contributed by atoms with Crippen LogP contribution in [0.4, 0.5) is 5.00 Å². The number of rotatable bonds is 8. The maximum Gasteiger partial charge on any atom is 0.343 e. The largest absolute Gasteiger partial charge is 0.462 e. The number of carbonyl (C=O) groups is 3. The molecule has 0 aliphatic heterocycles. The molecule has 1 heterocycles. The summed E-state index contributed by atoms with van der Waals surface area (Å²) in [5, 5.41) is 14.9. The fourth-order valence-electron chi connectivity index (χ4n) is 3.56. The molecule has 4 rings (SSSR count). The average molecular weight is 557 g/mol. The van der Waals surface area contributed by atoms with E-state index in [0.29, 0.717) is 27.5 Å². The van der Waals surface area contributed by atoms with Crippen LogP contribution in [-0.2, 0) is 9.53 Å². The summed E-state index contributed by atoms with van der Waals surface area (Å²) >= 11 is 7.14. The first kappa shape index (κ1) is 27.3. The first-order valence-electron chi connectivity index (χ1n) is 11.7. The molecule has 3 aromatic carbocycles. The summed E-state index contributed by atoms with van der Waals surface area (Å²) in [4.78, 5) is 38.0. The van der Waals surface area contributed by atoms with Crippen molar-refractivity contribution in [3.63, 3.8) is 0 Å². The van der Waals surface area contributed by atoms with Crippen molar-refractivity contribution >= 4 is 51.9 Å². The Morgan fingerprint density at radius 2 is 1.67 bits per heavy atom. The minimum absolute atomic E-state index is 0.155. The zero-order chi connectivity index (χ0) is 27.8. The van der Waals surface area contributed by atoms with Crippen molar-refractivity contribution in [1.82, 2.24) is 0 Å². The molecule has 194 valence electrons. The minimum atomic E-state index is -0.688. The highest BCUT2D eigenvalue weighted by atomic mass is 35.5. The van der Waals surface area contributed by atoms with Gasteiger partial charge < -0.3 is 14.8 Å². The second-order valence-electron chi connectivity index (χ2n) is 8.03. The van der Waals surface area contributed by atoms with Gasteiger partial charge in [0.1, 0.15) is 28.0 Å². The zero-order valence-electron chi connectivity index (χ0n) is 20.6. The van der Waals surface area contributed by atoms with E-state index in [1.165, 1.54) is 6.08 Å². The van der Waals surface area contributed by atoms with E-state index >= 15 is 0 Å². The van der Waals surface area contributed by atoms with Gasteiger partial charge in [-0.15, -0.1) is 11.3 Å². The topological polar surface area (TPSA) is 105 Å². The first-order valence-corrected chi connectivity index (χ1v) is 13.0. The van der Waals surface area contributed by atoms with Crippen LogP contribution in [0.1, 0.15) is 33.2 Å². The minimum Gasteiger partial charge on any atom is -0.462 e. The van der Waals surface area contributed by atoms with Crippen LogP contribution in [0.3, 0.4) is 0 Å². The quantitative estimate of drug-likeness (QED) is 0.108. The number of amides is 1. The standard InChI is InChI=1S/C30H21ClN2O5S/c1-2-37-30(36)26-25(20-10-12-23(31)13-11-20)18-39-28(26)33-27(34)22(17-32)16-19-8-14-24(15-9-19)38-29(35)21-6-4-3-5-7-21/h3-16,18H,2H2,1H3,(H,33,34)/b22-16+. The molecule has 1 amide bonds. The number of nitrogens with one attached hydrogen (secondary N) is 1. The molecule has 1 aromatic heterocycles. The van der Waals surface area contributed by atoms with E-state index in [0.717, 1.165) is 16.9 Å². The third-order valence-corrected chi connectivity index (χ3v) is 6.58. The van der Waals surface area contributed by atoms with Crippen LogP contribution >= 0.6 is 22.9 Å². The van der Waals surface area contributed by atoms with Crippen LogP contribution in [0.15, 0.2) is 89.8 Å². The van der Waals surface area contributed by atoms with Gasteiger partial charge in [0.25, 0.3) is 5.91 Å². The van der Waals surface area contributed by atoms with Crippen LogP contribution in [0, 0.1) is 11.3 Å². The van der Waals surface area contributed by atoms with Crippen molar-refractivity contribution in [3.8, 4) is 22.9 Å². The normalized spacial score (nSPS) is 10.8. The van der Waals surface area contributed by atoms with Gasteiger partial charge in [-0.1, -0.05) is 54.1 Å². The molecular weight excluding hydrogens is 536 g/mol. The number of halogens is 1. The molecule has 0 saturated carbocycles. The van der Waals surface area contributed by atoms with Crippen LogP contribution in [-0.4, -0.2) is 24.5 Å². The molecule has 0 saturated heterocycles. The molecule has 0 unspecified atom stereocenters. The van der Waals surface area contributed by atoms with Gasteiger partial charge in [-0.25, -0.2) is 9.59 Å². The molecule has 39 heavy (non-hydrogen) atoms. The third kappa shape index (κ3) is 6.79. The highest BCUT2D eigenvalue weighted by Gasteiger charge is 2.24. The Balaban J connectivity index is 1.53. The van der Waals surface area contributed by atoms with E-state index < -0.39 is 17.8 Å². The van der Waals surface area contributed by atoms with Gasteiger partial charge in [-0.3, -0.25) is 4.79 Å². The molecule has 0 spiro atoms. The lowest BCUT2D eigenvalue weighted by atomic mass is 10.0. The molecule has 0 radical (unpaired) electrons. The highest BCUT2D eigenvalue weighted by molar-refractivity contribution is 7.15. The number of nitriles is 1. The maximum absolute atomic E-state index is 13.0. The molecule has 9 heteroatoms. The second kappa shape index (κ2) is 12.7. The number of thiophene rings is 1. The van der Waals surface area contributed by atoms with Gasteiger partial charge in [-0.2, -0.15) is 5.26 Å². The van der Waals surface area contributed by atoms with Crippen LogP contribution in [0.2, 0.25) is 5.02 Å². The molecule has 1 N–H and O–H groups in total. The number of ether oxygens (including phenoxy) is 2. The number of hydrogen-bond acceptors (Lipinski definition) is 7. The van der Waals surface area contributed by atoms with Gasteiger partial charge in [0.05, 0.1) is 12.2 Å². The highest BCUT2D eigenvalue weighted by Crippen LogP contribution is 2.37. The number of hydrogen-bond donors (Lipinski definition) is 1. The van der Waals surface area contributed by atoms with Crippen molar-refractivity contribution in [3.05, 3.63) is 112 Å². The fraction of sp³-hybridized carbons (Fsp3) is 0.0667. The summed E-state index contributed by atoms with van der Waals surface area (Å²) in [7, 11) is 0. The molecule has 0 aliphatic carbocycles. The van der Waals surface area contributed by atoms with Gasteiger partial charge in [0.15, 0.2) is 0 Å². The van der Waals surface area contributed by atoms with E-state index in [1.54, 1.807) is 91.2 Å². The molecule has 0 atom stereocenters. The van der Waals surface area contributed by atoms with Crippen LogP contribution in [0.25, 0.3) is 17.2 Å². The zero-order valence-corrected chi connectivity index (χ0v) is 22.2. The summed E-state index contributed by atoms with van der Waals surface area (Å²) < 4.78 is 10.6. The molecule has 4 aromatic rings. The van der Waals surface area contributed by atoms with Crippen molar-refractivity contribution in [1.29, 1.82) is 5.26 Å². The van der Waals surface area contributed by atoms with Crippen molar-refractivity contribution in [2.45, 2.75) is 6.92 Å². The molecule has 0 aliphatic rings. The van der Waals surface area contributed by atoms with E-state index in [2.05, 4.69) is 5.32 Å². The predicted molar refractivity (Wildman–Crippen MR) is 151 cm³/mol. The number of nitrogens with zero attached hydrogens (tertiary/aromatic N) is 1. The molecule has 7 nitrogen and oxygen atoms in total. The molecule has 0 bridgehead atoms. The Labute approximate surface area is 233 Å². The summed E-state index contributed by atoms with van der Waals surface area (Å²) in [6.45, 7) is 1.84. The Kier molecular flexibility index (Phi) is 8.90. The van der Waals surface area contributed by atoms with Crippen LogP contribution < -0.4 is 10.1 Å². The van der Waals surface area contributed by atoms with Crippen molar-refractivity contribution in [2.75, 3.05) is 11.9 Å². The van der Waals surface area contributed by atoms with E-state index in [-0.39, 0.29) is 22.7 Å². The number of benzene rings is 3. The monoisotopic (exact) mass is 556 g/mol. The number of carbonyl (C=O) groups excluding carboxylic acids is 3. The average Bonchev–Trinajstić information content (AvgIpc) is 3.37. The molecular formula is C30H21ClN2O5S.